The molecule has 114 valence electrons. The SMILES string of the molecule is CNC(=O)NC.Cc1ccc2c(n1)=COc1ccccc1C=2. The van der Waals surface area contributed by atoms with Crippen molar-refractivity contribution < 1.29 is 9.53 Å². The molecule has 1 aliphatic heterocycles. The van der Waals surface area contributed by atoms with Crippen LogP contribution in [0, 0.1) is 6.92 Å². The van der Waals surface area contributed by atoms with Crippen LogP contribution in [-0.2, 0) is 0 Å². The maximum absolute atomic E-state index is 9.96. The zero-order valence-electron chi connectivity index (χ0n) is 12.9. The minimum absolute atomic E-state index is 0.157. The molecule has 22 heavy (non-hydrogen) atoms. The zero-order valence-corrected chi connectivity index (χ0v) is 12.9. The van der Waals surface area contributed by atoms with Crippen molar-refractivity contribution in [2.24, 2.45) is 0 Å². The molecule has 0 saturated heterocycles. The van der Waals surface area contributed by atoms with Crippen molar-refractivity contribution in [1.29, 1.82) is 0 Å². The summed E-state index contributed by atoms with van der Waals surface area (Å²) in [5.41, 5.74) is 2.08. The molecule has 2 heterocycles. The standard InChI is InChI=1S/C14H11NO.C3H8N2O/c1-10-6-7-11-8-12-4-2-3-5-14(12)16-9-13(11)15-10;1-4-3(6)5-2/h2-9H,1H3;1-2H3,(H2,4,5,6). The highest BCUT2D eigenvalue weighted by Gasteiger charge is 2.02. The molecule has 0 unspecified atom stereocenters. The number of hydrogen-bond donors (Lipinski definition) is 2. The Labute approximate surface area is 129 Å². The van der Waals surface area contributed by atoms with Gasteiger partial charge in [0.1, 0.15) is 17.4 Å². The summed E-state index contributed by atoms with van der Waals surface area (Å²) in [4.78, 5) is 14.4. The van der Waals surface area contributed by atoms with Crippen molar-refractivity contribution in [2.75, 3.05) is 14.1 Å². The highest BCUT2D eigenvalue weighted by atomic mass is 16.5. The number of amides is 2. The van der Waals surface area contributed by atoms with Gasteiger partial charge in [-0.3, -0.25) is 0 Å². The summed E-state index contributed by atoms with van der Waals surface area (Å²) in [6.07, 6.45) is 3.81. The normalized spacial score (nSPS) is 10.9. The fourth-order valence-electron chi connectivity index (χ4n) is 1.92. The van der Waals surface area contributed by atoms with Crippen LogP contribution in [0.4, 0.5) is 4.79 Å². The van der Waals surface area contributed by atoms with E-state index < -0.39 is 0 Å². The molecule has 0 fully saturated rings. The number of nitrogens with zero attached hydrogens (tertiary/aromatic N) is 1. The van der Waals surface area contributed by atoms with Gasteiger partial charge in [-0.2, -0.15) is 0 Å². The topological polar surface area (TPSA) is 63.2 Å². The van der Waals surface area contributed by atoms with Crippen LogP contribution in [0.15, 0.2) is 36.4 Å². The molecule has 1 aromatic carbocycles. The van der Waals surface area contributed by atoms with Crippen molar-refractivity contribution in [3.05, 3.63) is 58.2 Å². The molecule has 0 spiro atoms. The van der Waals surface area contributed by atoms with Crippen molar-refractivity contribution in [3.8, 4) is 5.75 Å². The van der Waals surface area contributed by atoms with Gasteiger partial charge in [0.15, 0.2) is 0 Å². The largest absolute Gasteiger partial charge is 0.462 e. The number of rotatable bonds is 0. The molecule has 5 nitrogen and oxygen atoms in total. The minimum atomic E-state index is -0.157. The second kappa shape index (κ2) is 7.26. The maximum atomic E-state index is 9.96. The van der Waals surface area contributed by atoms with E-state index in [4.69, 9.17) is 4.74 Å². The molecule has 2 amide bonds. The zero-order chi connectivity index (χ0) is 15.9. The van der Waals surface area contributed by atoms with E-state index in [1.165, 1.54) is 0 Å². The summed E-state index contributed by atoms with van der Waals surface area (Å²) >= 11 is 0. The van der Waals surface area contributed by atoms with Gasteiger partial charge < -0.3 is 15.4 Å². The number of aromatic nitrogens is 1. The number of pyridine rings is 1. The maximum Gasteiger partial charge on any atom is 0.314 e. The highest BCUT2D eigenvalue weighted by Crippen LogP contribution is 2.19. The lowest BCUT2D eigenvalue weighted by Crippen LogP contribution is -2.28. The molecule has 0 bridgehead atoms. The predicted molar refractivity (Wildman–Crippen MR) is 86.8 cm³/mol. The van der Waals surface area contributed by atoms with Crippen LogP contribution in [0.25, 0.3) is 12.3 Å². The van der Waals surface area contributed by atoms with Gasteiger partial charge in [-0.25, -0.2) is 9.78 Å². The summed E-state index contributed by atoms with van der Waals surface area (Å²) in [6.45, 7) is 1.98. The monoisotopic (exact) mass is 297 g/mol. The van der Waals surface area contributed by atoms with Gasteiger partial charge in [0.25, 0.3) is 0 Å². The Kier molecular flexibility index (Phi) is 5.14. The summed E-state index contributed by atoms with van der Waals surface area (Å²) < 4.78 is 5.61. The molecular weight excluding hydrogens is 278 g/mol. The van der Waals surface area contributed by atoms with Crippen LogP contribution in [0.5, 0.6) is 5.75 Å². The molecule has 1 aromatic heterocycles. The first-order valence-electron chi connectivity index (χ1n) is 6.95. The average Bonchev–Trinajstić information content (AvgIpc) is 2.73. The molecule has 0 aliphatic carbocycles. The first-order chi connectivity index (χ1) is 10.6. The fourth-order valence-corrected chi connectivity index (χ4v) is 1.92. The molecule has 2 aromatic rings. The Morgan fingerprint density at radius 1 is 1.09 bits per heavy atom. The van der Waals surface area contributed by atoms with Gasteiger partial charge in [-0.1, -0.05) is 24.3 Å². The smallest absolute Gasteiger partial charge is 0.314 e. The number of aryl methyl sites for hydroxylation is 1. The van der Waals surface area contributed by atoms with Crippen LogP contribution < -0.4 is 25.9 Å². The molecule has 5 heteroatoms. The molecule has 0 atom stereocenters. The molecular formula is C17H19N3O2. The number of ether oxygens (including phenoxy) is 1. The molecule has 1 aliphatic rings. The van der Waals surface area contributed by atoms with Crippen LogP contribution in [0.2, 0.25) is 0 Å². The fraction of sp³-hybridized carbons (Fsp3) is 0.176. The Bertz CT molecular complexity index is 779. The number of carbonyl (C=O) groups excluding carboxylic acids is 1. The van der Waals surface area contributed by atoms with E-state index in [-0.39, 0.29) is 6.03 Å². The van der Waals surface area contributed by atoms with E-state index >= 15 is 0 Å². The van der Waals surface area contributed by atoms with Crippen LogP contribution in [0.3, 0.4) is 0 Å². The Morgan fingerprint density at radius 2 is 1.82 bits per heavy atom. The van der Waals surface area contributed by atoms with E-state index in [2.05, 4.69) is 27.8 Å². The third kappa shape index (κ3) is 3.85. The lowest BCUT2D eigenvalue weighted by molar-refractivity contribution is 0.245. The number of hydrogen-bond acceptors (Lipinski definition) is 3. The van der Waals surface area contributed by atoms with Crippen molar-refractivity contribution in [3.63, 3.8) is 0 Å². The summed E-state index contributed by atoms with van der Waals surface area (Å²) in [5.74, 6) is 0.873. The Morgan fingerprint density at radius 3 is 2.50 bits per heavy atom. The lowest BCUT2D eigenvalue weighted by atomic mass is 10.1. The number of para-hydroxylation sites is 1. The minimum Gasteiger partial charge on any atom is -0.462 e. The first kappa shape index (κ1) is 15.6. The Balaban J connectivity index is 0.000000254. The van der Waals surface area contributed by atoms with E-state index in [9.17, 15) is 4.79 Å². The van der Waals surface area contributed by atoms with Crippen LogP contribution >= 0.6 is 0 Å². The van der Waals surface area contributed by atoms with Crippen molar-refractivity contribution >= 4 is 18.4 Å². The predicted octanol–water partition coefficient (Wildman–Crippen LogP) is 0.894. The molecule has 0 saturated carbocycles. The van der Waals surface area contributed by atoms with Gasteiger partial charge in [0.2, 0.25) is 0 Å². The molecule has 2 N–H and O–H groups in total. The number of benzene rings is 1. The van der Waals surface area contributed by atoms with E-state index in [0.717, 1.165) is 27.6 Å². The summed E-state index contributed by atoms with van der Waals surface area (Å²) in [6, 6.07) is 11.9. The van der Waals surface area contributed by atoms with Gasteiger partial charge in [0, 0.05) is 30.6 Å². The number of fused-ring (bicyclic) bond motifs is 2. The quantitative estimate of drug-likeness (QED) is 0.759. The molecule has 0 radical (unpaired) electrons. The third-order valence-electron chi connectivity index (χ3n) is 3.08. The van der Waals surface area contributed by atoms with Crippen LogP contribution in [-0.4, -0.2) is 25.1 Å². The van der Waals surface area contributed by atoms with E-state index in [0.29, 0.717) is 0 Å². The first-order valence-corrected chi connectivity index (χ1v) is 6.95. The molecule has 3 rings (SSSR count). The second-order valence-corrected chi connectivity index (χ2v) is 4.67. The summed E-state index contributed by atoms with van der Waals surface area (Å²) in [7, 11) is 3.14. The van der Waals surface area contributed by atoms with Crippen molar-refractivity contribution in [1.82, 2.24) is 15.6 Å². The number of carbonyl (C=O) groups is 1. The van der Waals surface area contributed by atoms with E-state index in [1.807, 2.05) is 37.3 Å². The van der Waals surface area contributed by atoms with Crippen molar-refractivity contribution in [2.45, 2.75) is 6.92 Å². The highest BCUT2D eigenvalue weighted by molar-refractivity contribution is 5.72. The summed E-state index contributed by atoms with van der Waals surface area (Å²) in [5, 5.41) is 6.71. The van der Waals surface area contributed by atoms with Gasteiger partial charge in [0.05, 0.1) is 0 Å². The lowest BCUT2D eigenvalue weighted by Gasteiger charge is -2.01. The third-order valence-corrected chi connectivity index (χ3v) is 3.08. The van der Waals surface area contributed by atoms with Gasteiger partial charge in [-0.05, 0) is 25.1 Å². The van der Waals surface area contributed by atoms with Gasteiger partial charge >= 0.3 is 6.03 Å². The Hall–Kier alpha value is -2.82. The van der Waals surface area contributed by atoms with Crippen LogP contribution in [0.1, 0.15) is 11.3 Å². The van der Waals surface area contributed by atoms with E-state index in [1.54, 1.807) is 20.4 Å². The number of nitrogens with one attached hydrogen (secondary N) is 2. The number of urea groups is 1. The average molecular weight is 297 g/mol. The van der Waals surface area contributed by atoms with Gasteiger partial charge in [-0.15, -0.1) is 0 Å². The second-order valence-electron chi connectivity index (χ2n) is 4.67.